The monoisotopic (exact) mass is 342 g/mol. The predicted octanol–water partition coefficient (Wildman–Crippen LogP) is 3.43. The number of hydrogen-bond acceptors (Lipinski definition) is 4. The molecule has 3 aromatic rings. The molecule has 0 aliphatic rings. The number of nitrogens with two attached hydrogens (primary N) is 1. The van der Waals surface area contributed by atoms with Crippen LogP contribution in [0, 0.1) is 0 Å². The van der Waals surface area contributed by atoms with Gasteiger partial charge in [-0.3, -0.25) is 0 Å². The quantitative estimate of drug-likeness (QED) is 0.762. The van der Waals surface area contributed by atoms with Gasteiger partial charge in [0.15, 0.2) is 5.82 Å². The summed E-state index contributed by atoms with van der Waals surface area (Å²) in [6, 6.07) is 15.9. The number of hydrogen-bond donors (Lipinski definition) is 2. The molecule has 3 N–H and O–H groups in total. The Balaban J connectivity index is 2.18. The minimum atomic E-state index is 0.558. The van der Waals surface area contributed by atoms with Gasteiger partial charge in [0.2, 0.25) is 0 Å². The standard InChI is InChI=1S/C16H15BrN4/c17-13-7-3-1-5-11(13)16-20-14-8-4-2-6-12(14)15(21-16)19-10-9-18/h1-8H,9-10,18H2,(H,19,20,21). The molecule has 0 saturated carbocycles. The molecule has 0 radical (unpaired) electrons. The molecule has 4 nitrogen and oxygen atoms in total. The van der Waals surface area contributed by atoms with E-state index in [9.17, 15) is 0 Å². The maximum atomic E-state index is 5.58. The molecule has 106 valence electrons. The molecule has 0 spiro atoms. The summed E-state index contributed by atoms with van der Waals surface area (Å²) in [6.07, 6.45) is 0. The minimum Gasteiger partial charge on any atom is -0.368 e. The van der Waals surface area contributed by atoms with E-state index in [0.717, 1.165) is 26.8 Å². The third-order valence-electron chi connectivity index (χ3n) is 3.15. The second-order valence-corrected chi connectivity index (χ2v) is 5.46. The summed E-state index contributed by atoms with van der Waals surface area (Å²) in [4.78, 5) is 9.32. The van der Waals surface area contributed by atoms with Crippen LogP contribution in [0.25, 0.3) is 22.3 Å². The van der Waals surface area contributed by atoms with Crippen LogP contribution in [-0.2, 0) is 0 Å². The lowest BCUT2D eigenvalue weighted by Crippen LogP contribution is -2.14. The van der Waals surface area contributed by atoms with E-state index in [1.54, 1.807) is 0 Å². The first kappa shape index (κ1) is 14.0. The Hall–Kier alpha value is -1.98. The van der Waals surface area contributed by atoms with Crippen LogP contribution in [0.4, 0.5) is 5.82 Å². The fraction of sp³-hybridized carbons (Fsp3) is 0.125. The molecule has 0 bridgehead atoms. The fourth-order valence-electron chi connectivity index (χ4n) is 2.16. The second-order valence-electron chi connectivity index (χ2n) is 4.61. The molecule has 0 amide bonds. The number of fused-ring (bicyclic) bond motifs is 1. The zero-order chi connectivity index (χ0) is 14.7. The Labute approximate surface area is 131 Å². The Morgan fingerprint density at radius 1 is 1.00 bits per heavy atom. The normalized spacial score (nSPS) is 10.8. The zero-order valence-corrected chi connectivity index (χ0v) is 13.0. The van der Waals surface area contributed by atoms with E-state index in [-0.39, 0.29) is 0 Å². The maximum Gasteiger partial charge on any atom is 0.163 e. The van der Waals surface area contributed by atoms with Crippen LogP contribution in [0.5, 0.6) is 0 Å². The summed E-state index contributed by atoms with van der Waals surface area (Å²) in [5.74, 6) is 1.51. The zero-order valence-electron chi connectivity index (χ0n) is 11.4. The van der Waals surface area contributed by atoms with E-state index in [1.165, 1.54) is 0 Å². The highest BCUT2D eigenvalue weighted by Crippen LogP contribution is 2.29. The van der Waals surface area contributed by atoms with E-state index in [0.29, 0.717) is 18.9 Å². The predicted molar refractivity (Wildman–Crippen MR) is 90.2 cm³/mol. The van der Waals surface area contributed by atoms with Gasteiger partial charge in [-0.15, -0.1) is 0 Å². The van der Waals surface area contributed by atoms with Crippen molar-refractivity contribution in [3.8, 4) is 11.4 Å². The van der Waals surface area contributed by atoms with E-state index in [4.69, 9.17) is 5.73 Å². The molecular formula is C16H15BrN4. The molecule has 0 aliphatic heterocycles. The smallest absolute Gasteiger partial charge is 0.163 e. The summed E-state index contributed by atoms with van der Waals surface area (Å²) in [5, 5.41) is 4.28. The van der Waals surface area contributed by atoms with E-state index in [1.807, 2.05) is 48.5 Å². The number of rotatable bonds is 4. The topological polar surface area (TPSA) is 63.8 Å². The van der Waals surface area contributed by atoms with Gasteiger partial charge >= 0.3 is 0 Å². The summed E-state index contributed by atoms with van der Waals surface area (Å²) in [7, 11) is 0. The van der Waals surface area contributed by atoms with Gasteiger partial charge in [0, 0.05) is 28.5 Å². The van der Waals surface area contributed by atoms with Gasteiger partial charge in [0.05, 0.1) is 5.52 Å². The minimum absolute atomic E-state index is 0.558. The first-order chi connectivity index (χ1) is 10.3. The van der Waals surface area contributed by atoms with Gasteiger partial charge in [-0.25, -0.2) is 9.97 Å². The number of benzene rings is 2. The lowest BCUT2D eigenvalue weighted by molar-refractivity contribution is 1.01. The molecule has 3 rings (SSSR count). The summed E-state index contributed by atoms with van der Waals surface area (Å²) in [5.41, 5.74) is 7.47. The molecule has 0 aliphatic carbocycles. The molecular weight excluding hydrogens is 328 g/mol. The largest absolute Gasteiger partial charge is 0.368 e. The highest BCUT2D eigenvalue weighted by atomic mass is 79.9. The van der Waals surface area contributed by atoms with Gasteiger partial charge < -0.3 is 11.1 Å². The van der Waals surface area contributed by atoms with Crippen molar-refractivity contribution in [3.63, 3.8) is 0 Å². The number of halogens is 1. The van der Waals surface area contributed by atoms with Crippen molar-refractivity contribution in [2.24, 2.45) is 5.73 Å². The van der Waals surface area contributed by atoms with Crippen molar-refractivity contribution >= 4 is 32.7 Å². The van der Waals surface area contributed by atoms with Crippen LogP contribution in [0.2, 0.25) is 0 Å². The first-order valence-electron chi connectivity index (χ1n) is 6.75. The van der Waals surface area contributed by atoms with Crippen molar-refractivity contribution in [1.29, 1.82) is 0 Å². The molecule has 0 saturated heterocycles. The van der Waals surface area contributed by atoms with Crippen LogP contribution >= 0.6 is 15.9 Å². The number of nitrogens with zero attached hydrogens (tertiary/aromatic N) is 2. The van der Waals surface area contributed by atoms with Crippen LogP contribution in [-0.4, -0.2) is 23.1 Å². The SMILES string of the molecule is NCCNc1nc(-c2ccccc2Br)nc2ccccc12. The summed E-state index contributed by atoms with van der Waals surface area (Å²) in [6.45, 7) is 1.24. The summed E-state index contributed by atoms with van der Waals surface area (Å²) < 4.78 is 0.977. The fourth-order valence-corrected chi connectivity index (χ4v) is 2.63. The third kappa shape index (κ3) is 2.89. The molecule has 21 heavy (non-hydrogen) atoms. The molecule has 1 heterocycles. The Morgan fingerprint density at radius 3 is 2.57 bits per heavy atom. The van der Waals surface area contributed by atoms with E-state index >= 15 is 0 Å². The van der Waals surface area contributed by atoms with Gasteiger partial charge in [0.25, 0.3) is 0 Å². The van der Waals surface area contributed by atoms with Crippen LogP contribution < -0.4 is 11.1 Å². The molecule has 1 aromatic heterocycles. The Kier molecular flexibility index (Phi) is 4.13. The molecule has 2 aromatic carbocycles. The molecule has 5 heteroatoms. The van der Waals surface area contributed by atoms with Crippen molar-refractivity contribution in [2.45, 2.75) is 0 Å². The van der Waals surface area contributed by atoms with Crippen LogP contribution in [0.3, 0.4) is 0 Å². The summed E-state index contributed by atoms with van der Waals surface area (Å²) >= 11 is 3.55. The average molecular weight is 343 g/mol. The lowest BCUT2D eigenvalue weighted by Gasteiger charge is -2.11. The first-order valence-corrected chi connectivity index (χ1v) is 7.54. The van der Waals surface area contributed by atoms with Crippen molar-refractivity contribution < 1.29 is 0 Å². The molecule has 0 unspecified atom stereocenters. The van der Waals surface area contributed by atoms with Crippen LogP contribution in [0.1, 0.15) is 0 Å². The van der Waals surface area contributed by atoms with Crippen molar-refractivity contribution in [3.05, 3.63) is 53.0 Å². The number of nitrogens with one attached hydrogen (secondary N) is 1. The third-order valence-corrected chi connectivity index (χ3v) is 3.85. The average Bonchev–Trinajstić information content (AvgIpc) is 2.53. The lowest BCUT2D eigenvalue weighted by atomic mass is 10.2. The molecule has 0 fully saturated rings. The number of aromatic nitrogens is 2. The van der Waals surface area contributed by atoms with Gasteiger partial charge in [0.1, 0.15) is 5.82 Å². The van der Waals surface area contributed by atoms with Crippen molar-refractivity contribution in [1.82, 2.24) is 9.97 Å². The van der Waals surface area contributed by atoms with Crippen LogP contribution in [0.15, 0.2) is 53.0 Å². The van der Waals surface area contributed by atoms with Gasteiger partial charge in [-0.1, -0.05) is 46.3 Å². The van der Waals surface area contributed by atoms with Gasteiger partial charge in [-0.05, 0) is 18.2 Å². The highest BCUT2D eigenvalue weighted by Gasteiger charge is 2.10. The van der Waals surface area contributed by atoms with E-state index in [2.05, 4.69) is 31.2 Å². The Bertz CT molecular complexity index is 773. The van der Waals surface area contributed by atoms with Gasteiger partial charge in [-0.2, -0.15) is 0 Å². The number of anilines is 1. The highest BCUT2D eigenvalue weighted by molar-refractivity contribution is 9.10. The Morgan fingerprint density at radius 2 is 1.76 bits per heavy atom. The van der Waals surface area contributed by atoms with Crippen molar-refractivity contribution in [2.75, 3.05) is 18.4 Å². The molecule has 0 atom stereocenters. The number of para-hydroxylation sites is 1. The maximum absolute atomic E-state index is 5.58. The second kappa shape index (κ2) is 6.20. The van der Waals surface area contributed by atoms with E-state index < -0.39 is 0 Å².